The van der Waals surface area contributed by atoms with Crippen LogP contribution in [0, 0.1) is 18.7 Å². The second-order valence-corrected chi connectivity index (χ2v) is 16.6. The molecular weight excluding hydrogens is 801 g/mol. The number of benzene rings is 4. The number of aryl methyl sites for hydroxylation is 1. The zero-order chi connectivity index (χ0) is 39.6. The third kappa shape index (κ3) is 8.45. The number of carbonyl (C=O) groups is 1. The van der Waals surface area contributed by atoms with E-state index in [0.29, 0.717) is 46.3 Å². The van der Waals surface area contributed by atoms with E-state index in [1.165, 1.54) is 23.5 Å². The van der Waals surface area contributed by atoms with Crippen LogP contribution in [0.3, 0.4) is 0 Å². The van der Waals surface area contributed by atoms with Crippen LogP contribution < -0.4 is 9.47 Å². The lowest BCUT2D eigenvalue weighted by Gasteiger charge is -2.23. The van der Waals surface area contributed by atoms with Crippen molar-refractivity contribution >= 4 is 31.9 Å². The summed E-state index contributed by atoms with van der Waals surface area (Å²) in [6, 6.07) is 28.3. The largest absolute Gasteiger partial charge is 0.497 e. The van der Waals surface area contributed by atoms with E-state index in [1.54, 1.807) is 75.7 Å². The fraction of sp³-hybridized carbons (Fsp3) is 0.256. The smallest absolute Gasteiger partial charge is 0.360 e. The molecule has 1 saturated carbocycles. The van der Waals surface area contributed by atoms with Gasteiger partial charge in [-0.2, -0.15) is 4.31 Å². The summed E-state index contributed by atoms with van der Waals surface area (Å²) >= 11 is 3.60. The maximum Gasteiger partial charge on any atom is 0.360 e. The highest BCUT2D eigenvalue weighted by Gasteiger charge is 2.31. The van der Waals surface area contributed by atoms with E-state index in [1.807, 2.05) is 30.3 Å². The fourth-order valence-corrected chi connectivity index (χ4v) is 8.58. The number of carbonyl (C=O) groups excluding carboxylic acids is 1. The Morgan fingerprint density at radius 3 is 2.07 bits per heavy atom. The van der Waals surface area contributed by atoms with E-state index in [4.69, 9.17) is 18.6 Å². The Morgan fingerprint density at radius 1 is 0.893 bits per heavy atom. The Bertz CT molecular complexity index is 2430. The molecule has 1 aliphatic carbocycles. The first-order chi connectivity index (χ1) is 27.0. The molecule has 4 aromatic carbocycles. The number of ether oxygens (including phenoxy) is 3. The van der Waals surface area contributed by atoms with Gasteiger partial charge in [0.2, 0.25) is 15.9 Å². The highest BCUT2D eigenvalue weighted by Crippen LogP contribution is 2.41. The van der Waals surface area contributed by atoms with Crippen molar-refractivity contribution in [2.75, 3.05) is 21.3 Å². The van der Waals surface area contributed by atoms with Gasteiger partial charge in [0.1, 0.15) is 28.0 Å². The SMILES string of the molecule is COC(=O)c1nc(-c2cc(-c3cccc(Br)c3)n(Cc3ccc(S(=O)(=O)N(Cc4ccc(OC)cc4)Cc4ccc(OC)cc4)c(F)c3)c2CC2CC2)oc1C. The third-order valence-corrected chi connectivity index (χ3v) is 12.2. The van der Waals surface area contributed by atoms with Gasteiger partial charge in [0.05, 0.1) is 26.9 Å². The van der Waals surface area contributed by atoms with Crippen molar-refractivity contribution in [2.45, 2.75) is 50.7 Å². The number of rotatable bonds is 15. The van der Waals surface area contributed by atoms with E-state index < -0.39 is 26.7 Å². The predicted molar refractivity (Wildman–Crippen MR) is 213 cm³/mol. The molecular formula is C43H41BrFN3O7S. The quantitative estimate of drug-likeness (QED) is 0.0942. The third-order valence-electron chi connectivity index (χ3n) is 9.90. The Labute approximate surface area is 334 Å². The summed E-state index contributed by atoms with van der Waals surface area (Å²) in [7, 11) is 0.0812. The highest BCUT2D eigenvalue weighted by molar-refractivity contribution is 9.10. The summed E-state index contributed by atoms with van der Waals surface area (Å²) in [5.74, 6) is 0.899. The summed E-state index contributed by atoms with van der Waals surface area (Å²) in [5.41, 5.74) is 5.45. The van der Waals surface area contributed by atoms with Crippen LogP contribution in [0.1, 0.15) is 51.5 Å². The standard InChI is InChI=1S/C43H41BrFN3O7S/c1-27-41(43(49)54-4)46-42(55-27)36-23-38(32-6-5-7-33(44)22-32)48(39(36)21-28-8-9-28)26-31-14-19-40(37(45)20-31)56(50,51)47(24-29-10-15-34(52-2)16-11-29)25-30-12-17-35(53-3)18-13-30/h5-7,10-20,22-23,28H,8-9,21,24-26H2,1-4H3. The Kier molecular flexibility index (Phi) is 11.5. The molecule has 0 atom stereocenters. The van der Waals surface area contributed by atoms with Crippen molar-refractivity contribution in [1.82, 2.24) is 13.9 Å². The minimum Gasteiger partial charge on any atom is -0.497 e. The molecule has 290 valence electrons. The number of nitrogens with zero attached hydrogens (tertiary/aromatic N) is 3. The maximum absolute atomic E-state index is 16.4. The van der Waals surface area contributed by atoms with E-state index >= 15 is 4.39 Å². The highest BCUT2D eigenvalue weighted by atomic mass is 79.9. The lowest BCUT2D eigenvalue weighted by molar-refractivity contribution is 0.0593. The van der Waals surface area contributed by atoms with Gasteiger partial charge in [-0.3, -0.25) is 0 Å². The summed E-state index contributed by atoms with van der Waals surface area (Å²) < 4.78 is 70.9. The molecule has 0 bridgehead atoms. The first kappa shape index (κ1) is 39.0. The first-order valence-electron chi connectivity index (χ1n) is 18.1. The Balaban J connectivity index is 1.27. The lowest BCUT2D eigenvalue weighted by Crippen LogP contribution is -2.31. The van der Waals surface area contributed by atoms with Crippen molar-refractivity contribution < 1.29 is 36.2 Å². The van der Waals surface area contributed by atoms with Gasteiger partial charge in [-0.1, -0.05) is 58.4 Å². The molecule has 0 N–H and O–H groups in total. The van der Waals surface area contributed by atoms with Gasteiger partial charge < -0.3 is 23.2 Å². The van der Waals surface area contributed by atoms with Crippen LogP contribution in [0.25, 0.3) is 22.7 Å². The molecule has 1 fully saturated rings. The number of halogens is 2. The number of esters is 1. The average Bonchev–Trinajstić information content (AvgIpc) is 3.84. The minimum absolute atomic E-state index is 0.00416. The summed E-state index contributed by atoms with van der Waals surface area (Å²) in [4.78, 5) is 16.6. The second-order valence-electron chi connectivity index (χ2n) is 13.8. The van der Waals surface area contributed by atoms with E-state index in [9.17, 15) is 13.2 Å². The van der Waals surface area contributed by atoms with Crippen molar-refractivity contribution in [3.63, 3.8) is 0 Å². The molecule has 0 unspecified atom stereocenters. The van der Waals surface area contributed by atoms with Crippen molar-refractivity contribution in [3.05, 3.63) is 141 Å². The van der Waals surface area contributed by atoms with Gasteiger partial charge in [-0.25, -0.2) is 22.6 Å². The van der Waals surface area contributed by atoms with Crippen LogP contribution in [0.15, 0.2) is 111 Å². The van der Waals surface area contributed by atoms with Gasteiger partial charge in [-0.05, 0) is 109 Å². The molecule has 0 spiro atoms. The Morgan fingerprint density at radius 2 is 1.52 bits per heavy atom. The van der Waals surface area contributed by atoms with Gasteiger partial charge in [0.25, 0.3) is 0 Å². The molecule has 2 heterocycles. The van der Waals surface area contributed by atoms with Crippen LogP contribution >= 0.6 is 15.9 Å². The number of hydrogen-bond donors (Lipinski definition) is 0. The number of methoxy groups -OCH3 is 3. The molecule has 0 saturated heterocycles. The molecule has 0 aliphatic heterocycles. The topological polar surface area (TPSA) is 113 Å². The molecule has 56 heavy (non-hydrogen) atoms. The van der Waals surface area contributed by atoms with E-state index in [-0.39, 0.29) is 31.2 Å². The van der Waals surface area contributed by atoms with Crippen LogP contribution in [-0.2, 0) is 40.8 Å². The van der Waals surface area contributed by atoms with Gasteiger partial charge >= 0.3 is 5.97 Å². The molecule has 2 aromatic heterocycles. The number of oxazole rings is 1. The second kappa shape index (κ2) is 16.5. The molecule has 10 nitrogen and oxygen atoms in total. The number of sulfonamides is 1. The maximum atomic E-state index is 16.4. The molecule has 6 aromatic rings. The van der Waals surface area contributed by atoms with Gasteiger partial charge in [0.15, 0.2) is 5.69 Å². The minimum atomic E-state index is -4.34. The molecule has 0 amide bonds. The van der Waals surface area contributed by atoms with Crippen LogP contribution in [0.2, 0.25) is 0 Å². The van der Waals surface area contributed by atoms with Crippen molar-refractivity contribution in [2.24, 2.45) is 5.92 Å². The normalized spacial score (nSPS) is 12.9. The molecule has 13 heteroatoms. The zero-order valence-electron chi connectivity index (χ0n) is 31.4. The van der Waals surface area contributed by atoms with Gasteiger partial charge in [-0.15, -0.1) is 0 Å². The molecule has 7 rings (SSSR count). The predicted octanol–water partition coefficient (Wildman–Crippen LogP) is 9.22. The van der Waals surface area contributed by atoms with E-state index in [2.05, 4.69) is 25.5 Å². The van der Waals surface area contributed by atoms with E-state index in [0.717, 1.165) is 39.8 Å². The number of hydrogen-bond acceptors (Lipinski definition) is 8. The molecule has 1 aliphatic rings. The average molecular weight is 843 g/mol. The monoisotopic (exact) mass is 841 g/mol. The number of aromatic nitrogens is 2. The lowest BCUT2D eigenvalue weighted by atomic mass is 10.1. The van der Waals surface area contributed by atoms with Crippen LogP contribution in [0.4, 0.5) is 4.39 Å². The first-order valence-corrected chi connectivity index (χ1v) is 20.3. The summed E-state index contributed by atoms with van der Waals surface area (Å²) in [5, 5.41) is 0. The van der Waals surface area contributed by atoms with Crippen LogP contribution in [0.5, 0.6) is 11.5 Å². The summed E-state index contributed by atoms with van der Waals surface area (Å²) in [6.07, 6.45) is 2.85. The van der Waals surface area contributed by atoms with Crippen molar-refractivity contribution in [3.8, 4) is 34.2 Å². The van der Waals surface area contributed by atoms with Crippen molar-refractivity contribution in [1.29, 1.82) is 0 Å². The Hall–Kier alpha value is -5.24. The van der Waals surface area contributed by atoms with Crippen LogP contribution in [-0.4, -0.2) is 49.6 Å². The molecule has 0 radical (unpaired) electrons. The zero-order valence-corrected chi connectivity index (χ0v) is 33.8. The summed E-state index contributed by atoms with van der Waals surface area (Å²) in [6.45, 7) is 1.91. The fourth-order valence-electron chi connectivity index (χ4n) is 6.72. The van der Waals surface area contributed by atoms with Gasteiger partial charge in [0, 0.05) is 35.5 Å².